The van der Waals surface area contributed by atoms with Gasteiger partial charge >= 0.3 is 0 Å². The van der Waals surface area contributed by atoms with Crippen molar-refractivity contribution in [3.63, 3.8) is 0 Å². The Labute approximate surface area is 229 Å². The third-order valence-corrected chi connectivity index (χ3v) is 7.08. The number of carbonyl (C=O) groups excluding carboxylic acids is 3. The van der Waals surface area contributed by atoms with E-state index in [0.29, 0.717) is 56.1 Å². The molecule has 1 fully saturated rings. The third kappa shape index (κ3) is 6.45. The lowest BCUT2D eigenvalue weighted by atomic mass is 10.1. The highest BCUT2D eigenvalue weighted by atomic mass is 19.1. The molecule has 3 amide bonds. The molecule has 7 nitrogen and oxygen atoms in total. The molecule has 204 valence electrons. The number of carbonyl (C=O) groups is 3. The molecule has 4 rings (SSSR count). The second-order valence-electron chi connectivity index (χ2n) is 9.64. The summed E-state index contributed by atoms with van der Waals surface area (Å²) in [6.07, 6.45) is 0.752. The fourth-order valence-corrected chi connectivity index (χ4v) is 4.83. The Morgan fingerprint density at radius 1 is 0.872 bits per heavy atom. The predicted octanol–water partition coefficient (Wildman–Crippen LogP) is 5.22. The minimum Gasteiger partial charge on any atom is -0.369 e. The van der Waals surface area contributed by atoms with Gasteiger partial charge in [-0.2, -0.15) is 0 Å². The summed E-state index contributed by atoms with van der Waals surface area (Å²) in [6, 6.07) is 18.6. The van der Waals surface area contributed by atoms with Gasteiger partial charge in [-0.15, -0.1) is 0 Å². The van der Waals surface area contributed by atoms with Gasteiger partial charge in [0, 0.05) is 56.2 Å². The van der Waals surface area contributed by atoms with Gasteiger partial charge in [0.15, 0.2) is 0 Å². The Bertz CT molecular complexity index is 1340. The van der Waals surface area contributed by atoms with Crippen LogP contribution in [0, 0.1) is 12.7 Å². The Kier molecular flexibility index (Phi) is 8.96. The average molecular weight is 531 g/mol. The van der Waals surface area contributed by atoms with E-state index in [0.717, 1.165) is 17.7 Å². The Hall–Kier alpha value is -4.20. The van der Waals surface area contributed by atoms with Crippen LogP contribution in [-0.4, -0.2) is 66.8 Å². The standard InChI is InChI=1S/C31H35FN4O3/c1-4-34(5-2)31(39)26-21-24(33-29(37)25-9-6-7-10-27(25)32)15-16-28(26)35-17-8-18-36(20-19-35)30(38)23-13-11-22(3)12-14-23/h6-7,9-16,21H,4-5,8,17-20H2,1-3H3,(H,33,37). The summed E-state index contributed by atoms with van der Waals surface area (Å²) in [5.74, 6) is -1.33. The summed E-state index contributed by atoms with van der Waals surface area (Å²) < 4.78 is 14.2. The van der Waals surface area contributed by atoms with Crippen molar-refractivity contribution in [2.24, 2.45) is 0 Å². The Morgan fingerprint density at radius 3 is 2.28 bits per heavy atom. The lowest BCUT2D eigenvalue weighted by molar-refractivity contribution is 0.0760. The van der Waals surface area contributed by atoms with E-state index in [2.05, 4.69) is 10.2 Å². The van der Waals surface area contributed by atoms with Gasteiger partial charge in [0.25, 0.3) is 17.7 Å². The van der Waals surface area contributed by atoms with Crippen LogP contribution in [0.4, 0.5) is 15.8 Å². The van der Waals surface area contributed by atoms with Crippen molar-refractivity contribution in [2.75, 3.05) is 49.5 Å². The van der Waals surface area contributed by atoms with Crippen LogP contribution in [0.25, 0.3) is 0 Å². The van der Waals surface area contributed by atoms with Crippen LogP contribution in [0.2, 0.25) is 0 Å². The minimum atomic E-state index is -0.611. The smallest absolute Gasteiger partial charge is 0.258 e. The zero-order valence-electron chi connectivity index (χ0n) is 22.7. The summed E-state index contributed by atoms with van der Waals surface area (Å²) in [5.41, 5.74) is 3.33. The molecule has 39 heavy (non-hydrogen) atoms. The highest BCUT2D eigenvalue weighted by molar-refractivity contribution is 6.06. The van der Waals surface area contributed by atoms with Gasteiger partial charge in [-0.25, -0.2) is 4.39 Å². The first kappa shape index (κ1) is 27.8. The maximum atomic E-state index is 14.2. The topological polar surface area (TPSA) is 73.0 Å². The number of aryl methyl sites for hydroxylation is 1. The number of benzene rings is 3. The zero-order valence-corrected chi connectivity index (χ0v) is 22.7. The molecule has 0 bridgehead atoms. The van der Waals surface area contributed by atoms with Crippen LogP contribution < -0.4 is 10.2 Å². The molecule has 0 spiro atoms. The predicted molar refractivity (Wildman–Crippen MR) is 152 cm³/mol. The molecule has 0 saturated carbocycles. The van der Waals surface area contributed by atoms with E-state index in [-0.39, 0.29) is 17.4 Å². The molecule has 1 N–H and O–H groups in total. The normalized spacial score (nSPS) is 13.5. The molecular formula is C31H35FN4O3. The quantitative estimate of drug-likeness (QED) is 0.455. The number of hydrogen-bond acceptors (Lipinski definition) is 4. The van der Waals surface area contributed by atoms with E-state index in [9.17, 15) is 18.8 Å². The van der Waals surface area contributed by atoms with Crippen molar-refractivity contribution in [1.82, 2.24) is 9.80 Å². The number of hydrogen-bond donors (Lipinski definition) is 1. The minimum absolute atomic E-state index is 0.00231. The zero-order chi connectivity index (χ0) is 27.9. The molecule has 1 heterocycles. The van der Waals surface area contributed by atoms with Crippen molar-refractivity contribution < 1.29 is 18.8 Å². The lowest BCUT2D eigenvalue weighted by Gasteiger charge is -2.28. The summed E-state index contributed by atoms with van der Waals surface area (Å²) in [6.45, 7) is 9.31. The number of anilines is 2. The van der Waals surface area contributed by atoms with E-state index < -0.39 is 11.7 Å². The van der Waals surface area contributed by atoms with Gasteiger partial charge < -0.3 is 20.0 Å². The van der Waals surface area contributed by atoms with E-state index in [1.54, 1.807) is 23.1 Å². The molecule has 0 radical (unpaired) electrons. The third-order valence-electron chi connectivity index (χ3n) is 7.08. The first-order chi connectivity index (χ1) is 18.8. The summed E-state index contributed by atoms with van der Waals surface area (Å²) in [7, 11) is 0. The molecule has 3 aromatic carbocycles. The van der Waals surface area contributed by atoms with Crippen molar-refractivity contribution in [2.45, 2.75) is 27.2 Å². The number of amides is 3. The molecule has 0 aliphatic carbocycles. The number of rotatable bonds is 7. The monoisotopic (exact) mass is 530 g/mol. The molecule has 3 aromatic rings. The molecule has 1 aliphatic rings. The van der Waals surface area contributed by atoms with Crippen molar-refractivity contribution in [1.29, 1.82) is 0 Å². The molecular weight excluding hydrogens is 495 g/mol. The highest BCUT2D eigenvalue weighted by Gasteiger charge is 2.25. The number of nitrogens with one attached hydrogen (secondary N) is 1. The molecule has 0 atom stereocenters. The lowest BCUT2D eigenvalue weighted by Crippen LogP contribution is -2.36. The Morgan fingerprint density at radius 2 is 1.59 bits per heavy atom. The first-order valence-corrected chi connectivity index (χ1v) is 13.4. The van der Waals surface area contributed by atoms with Crippen LogP contribution in [0.3, 0.4) is 0 Å². The molecule has 8 heteroatoms. The SMILES string of the molecule is CCN(CC)C(=O)c1cc(NC(=O)c2ccccc2F)ccc1N1CCCN(C(=O)c2ccc(C)cc2)CC1. The van der Waals surface area contributed by atoms with E-state index in [1.165, 1.54) is 18.2 Å². The van der Waals surface area contributed by atoms with Crippen LogP contribution in [0.1, 0.15) is 56.9 Å². The molecule has 0 aromatic heterocycles. The largest absolute Gasteiger partial charge is 0.369 e. The summed E-state index contributed by atoms with van der Waals surface area (Å²) >= 11 is 0. The number of nitrogens with zero attached hydrogens (tertiary/aromatic N) is 3. The summed E-state index contributed by atoms with van der Waals surface area (Å²) in [4.78, 5) is 45.1. The molecule has 0 unspecified atom stereocenters. The highest BCUT2D eigenvalue weighted by Crippen LogP contribution is 2.28. The maximum absolute atomic E-state index is 14.2. The van der Waals surface area contributed by atoms with Gasteiger partial charge in [0.1, 0.15) is 5.82 Å². The number of halogens is 1. The fraction of sp³-hybridized carbons (Fsp3) is 0.323. The van der Waals surface area contributed by atoms with Crippen molar-refractivity contribution in [3.8, 4) is 0 Å². The van der Waals surface area contributed by atoms with E-state index >= 15 is 0 Å². The Balaban J connectivity index is 1.58. The second kappa shape index (κ2) is 12.6. The van der Waals surface area contributed by atoms with Crippen LogP contribution in [0.15, 0.2) is 66.7 Å². The van der Waals surface area contributed by atoms with E-state index in [4.69, 9.17) is 0 Å². The van der Waals surface area contributed by atoms with Gasteiger partial charge in [-0.3, -0.25) is 14.4 Å². The van der Waals surface area contributed by atoms with Gasteiger partial charge in [0.05, 0.1) is 11.1 Å². The first-order valence-electron chi connectivity index (χ1n) is 13.4. The van der Waals surface area contributed by atoms with Crippen LogP contribution in [0.5, 0.6) is 0 Å². The second-order valence-corrected chi connectivity index (χ2v) is 9.64. The van der Waals surface area contributed by atoms with Gasteiger partial charge in [-0.1, -0.05) is 29.8 Å². The fourth-order valence-electron chi connectivity index (χ4n) is 4.83. The average Bonchev–Trinajstić information content (AvgIpc) is 3.20. The maximum Gasteiger partial charge on any atom is 0.258 e. The molecule has 1 aliphatic heterocycles. The summed E-state index contributed by atoms with van der Waals surface area (Å²) in [5, 5.41) is 2.73. The van der Waals surface area contributed by atoms with Crippen molar-refractivity contribution in [3.05, 3.63) is 94.8 Å². The van der Waals surface area contributed by atoms with E-state index in [1.807, 2.05) is 56.0 Å². The molecule has 1 saturated heterocycles. The van der Waals surface area contributed by atoms with Crippen LogP contribution in [-0.2, 0) is 0 Å². The van der Waals surface area contributed by atoms with Gasteiger partial charge in [0.2, 0.25) is 0 Å². The van der Waals surface area contributed by atoms with Gasteiger partial charge in [-0.05, 0) is 69.7 Å². The van der Waals surface area contributed by atoms with Crippen molar-refractivity contribution >= 4 is 29.1 Å². The van der Waals surface area contributed by atoms with Crippen LogP contribution >= 0.6 is 0 Å².